The lowest BCUT2D eigenvalue weighted by atomic mass is 9.87. The maximum Gasteiger partial charge on any atom is 0.0949 e. The van der Waals surface area contributed by atoms with E-state index in [1.54, 1.807) is 5.57 Å². The van der Waals surface area contributed by atoms with Crippen LogP contribution in [0.2, 0.25) is 0 Å². The number of aromatic nitrogens is 2. The van der Waals surface area contributed by atoms with Crippen molar-refractivity contribution in [3.63, 3.8) is 0 Å². The number of imidazole rings is 1. The van der Waals surface area contributed by atoms with Crippen LogP contribution in [0.5, 0.6) is 0 Å². The molecule has 2 heteroatoms. The molecule has 0 fully saturated rings. The van der Waals surface area contributed by atoms with Crippen LogP contribution in [-0.2, 0) is 6.54 Å². The number of nitrogens with zero attached hydrogens (tertiary/aromatic N) is 2. The van der Waals surface area contributed by atoms with Crippen molar-refractivity contribution in [3.8, 4) is 0 Å². The van der Waals surface area contributed by atoms with E-state index in [9.17, 15) is 0 Å². The minimum Gasteiger partial charge on any atom is -0.333 e. The third kappa shape index (κ3) is 3.58. The first-order chi connectivity index (χ1) is 8.13. The van der Waals surface area contributed by atoms with Crippen molar-refractivity contribution in [3.05, 3.63) is 42.0 Å². The van der Waals surface area contributed by atoms with Gasteiger partial charge in [0.2, 0.25) is 0 Å². The monoisotopic (exact) mass is 230 g/mol. The van der Waals surface area contributed by atoms with Gasteiger partial charge in [-0.3, -0.25) is 0 Å². The predicted molar refractivity (Wildman–Crippen MR) is 71.6 cm³/mol. The second-order valence-corrected chi connectivity index (χ2v) is 5.56. The minimum atomic E-state index is 0.673. The fraction of sp³-hybridized carbons (Fsp3) is 0.533. The van der Waals surface area contributed by atoms with Crippen LogP contribution < -0.4 is 0 Å². The molecule has 0 bridgehead atoms. The number of hydrogen-bond acceptors (Lipinski definition) is 1. The molecule has 1 unspecified atom stereocenters. The summed E-state index contributed by atoms with van der Waals surface area (Å²) in [7, 11) is 0. The van der Waals surface area contributed by atoms with Crippen LogP contribution in [0.4, 0.5) is 0 Å². The first-order valence-corrected chi connectivity index (χ1v) is 6.49. The van der Waals surface area contributed by atoms with Crippen LogP contribution in [0.1, 0.15) is 33.6 Å². The first-order valence-electron chi connectivity index (χ1n) is 6.49. The Kier molecular flexibility index (Phi) is 3.82. The van der Waals surface area contributed by atoms with Gasteiger partial charge in [-0.1, -0.05) is 38.5 Å². The van der Waals surface area contributed by atoms with Gasteiger partial charge in [0, 0.05) is 18.9 Å². The van der Waals surface area contributed by atoms with E-state index in [2.05, 4.69) is 42.5 Å². The summed E-state index contributed by atoms with van der Waals surface area (Å²) in [6, 6.07) is 0. The highest BCUT2D eigenvalue weighted by molar-refractivity contribution is 5.29. The quantitative estimate of drug-likeness (QED) is 0.769. The standard InChI is InChI=1S/C15H22N2/c1-12(2)6-14-7-13(3)8-15(9-14)10-17-5-4-16-11-17/h4-5,8-9,11-13H,6-7,10H2,1-3H3. The molecule has 1 aromatic heterocycles. The van der Waals surface area contributed by atoms with Crippen molar-refractivity contribution in [2.75, 3.05) is 0 Å². The normalized spacial score (nSPS) is 20.4. The van der Waals surface area contributed by atoms with E-state index in [0.717, 1.165) is 12.5 Å². The van der Waals surface area contributed by atoms with Gasteiger partial charge in [-0.25, -0.2) is 4.98 Å². The topological polar surface area (TPSA) is 17.8 Å². The third-order valence-corrected chi connectivity index (χ3v) is 3.07. The molecule has 0 N–H and O–H groups in total. The van der Waals surface area contributed by atoms with E-state index in [-0.39, 0.29) is 0 Å². The lowest BCUT2D eigenvalue weighted by Gasteiger charge is -2.20. The highest BCUT2D eigenvalue weighted by Crippen LogP contribution is 2.27. The van der Waals surface area contributed by atoms with E-state index in [4.69, 9.17) is 0 Å². The summed E-state index contributed by atoms with van der Waals surface area (Å²) < 4.78 is 2.13. The first kappa shape index (κ1) is 12.2. The predicted octanol–water partition coefficient (Wildman–Crippen LogP) is 3.82. The van der Waals surface area contributed by atoms with Crippen LogP contribution in [-0.4, -0.2) is 9.55 Å². The molecular formula is C15H22N2. The molecule has 0 aromatic carbocycles. The van der Waals surface area contributed by atoms with Crippen molar-refractivity contribution < 1.29 is 0 Å². The van der Waals surface area contributed by atoms with Crippen molar-refractivity contribution in [1.82, 2.24) is 9.55 Å². The highest BCUT2D eigenvalue weighted by atomic mass is 15.0. The number of rotatable bonds is 4. The van der Waals surface area contributed by atoms with E-state index >= 15 is 0 Å². The summed E-state index contributed by atoms with van der Waals surface area (Å²) in [6.07, 6.45) is 13.0. The van der Waals surface area contributed by atoms with Gasteiger partial charge in [0.05, 0.1) is 6.33 Å². The fourth-order valence-electron chi connectivity index (χ4n) is 2.56. The molecular weight excluding hydrogens is 208 g/mol. The van der Waals surface area contributed by atoms with Crippen LogP contribution in [0.25, 0.3) is 0 Å². The average molecular weight is 230 g/mol. The van der Waals surface area contributed by atoms with Crippen molar-refractivity contribution in [2.24, 2.45) is 11.8 Å². The smallest absolute Gasteiger partial charge is 0.0949 e. The molecule has 0 radical (unpaired) electrons. The molecule has 1 aliphatic rings. The Morgan fingerprint density at radius 1 is 1.47 bits per heavy atom. The Hall–Kier alpha value is -1.31. The molecule has 2 rings (SSSR count). The SMILES string of the molecule is CC(C)CC1=CC(Cn2ccnc2)=CC(C)C1. The lowest BCUT2D eigenvalue weighted by Crippen LogP contribution is -2.07. The van der Waals surface area contributed by atoms with Gasteiger partial charge in [-0.2, -0.15) is 0 Å². The van der Waals surface area contributed by atoms with Crippen LogP contribution in [0.15, 0.2) is 42.0 Å². The molecule has 0 amide bonds. The van der Waals surface area contributed by atoms with Gasteiger partial charge in [-0.05, 0) is 30.3 Å². The van der Waals surface area contributed by atoms with Crippen molar-refractivity contribution in [2.45, 2.75) is 40.2 Å². The van der Waals surface area contributed by atoms with Crippen LogP contribution in [0, 0.1) is 11.8 Å². The van der Waals surface area contributed by atoms with Gasteiger partial charge in [0.25, 0.3) is 0 Å². The summed E-state index contributed by atoms with van der Waals surface area (Å²) in [4.78, 5) is 4.09. The lowest BCUT2D eigenvalue weighted by molar-refractivity contribution is 0.584. The summed E-state index contributed by atoms with van der Waals surface area (Å²) in [5.41, 5.74) is 3.03. The van der Waals surface area contributed by atoms with Gasteiger partial charge >= 0.3 is 0 Å². The molecule has 92 valence electrons. The largest absolute Gasteiger partial charge is 0.333 e. The Morgan fingerprint density at radius 3 is 2.94 bits per heavy atom. The molecule has 17 heavy (non-hydrogen) atoms. The fourth-order valence-corrected chi connectivity index (χ4v) is 2.56. The maximum absolute atomic E-state index is 4.09. The zero-order valence-corrected chi connectivity index (χ0v) is 11.1. The zero-order chi connectivity index (χ0) is 12.3. The molecule has 0 spiro atoms. The van der Waals surface area contributed by atoms with Gasteiger partial charge < -0.3 is 4.57 Å². The summed E-state index contributed by atoms with van der Waals surface area (Å²) in [5.74, 6) is 1.42. The van der Waals surface area contributed by atoms with E-state index in [1.165, 1.54) is 18.4 Å². The Bertz CT molecular complexity index is 410. The minimum absolute atomic E-state index is 0.673. The highest BCUT2D eigenvalue weighted by Gasteiger charge is 2.12. The molecule has 1 aromatic rings. The van der Waals surface area contributed by atoms with E-state index in [1.807, 2.05) is 18.7 Å². The van der Waals surface area contributed by atoms with Crippen LogP contribution in [0.3, 0.4) is 0 Å². The molecule has 1 heterocycles. The van der Waals surface area contributed by atoms with Crippen molar-refractivity contribution >= 4 is 0 Å². The van der Waals surface area contributed by atoms with Gasteiger partial charge in [0.1, 0.15) is 0 Å². The van der Waals surface area contributed by atoms with Gasteiger partial charge in [0.15, 0.2) is 0 Å². The third-order valence-electron chi connectivity index (χ3n) is 3.07. The Labute approximate surface area is 104 Å². The maximum atomic E-state index is 4.09. The molecule has 1 atom stereocenters. The molecule has 2 nitrogen and oxygen atoms in total. The zero-order valence-electron chi connectivity index (χ0n) is 11.1. The van der Waals surface area contributed by atoms with E-state index < -0.39 is 0 Å². The molecule has 0 aliphatic heterocycles. The molecule has 0 saturated heterocycles. The molecule has 1 aliphatic carbocycles. The Balaban J connectivity index is 2.07. The van der Waals surface area contributed by atoms with Gasteiger partial charge in [-0.15, -0.1) is 0 Å². The second-order valence-electron chi connectivity index (χ2n) is 5.56. The average Bonchev–Trinajstić information content (AvgIpc) is 2.67. The second kappa shape index (κ2) is 5.35. The number of allylic oxidation sites excluding steroid dienone is 4. The Morgan fingerprint density at radius 2 is 2.29 bits per heavy atom. The summed E-state index contributed by atoms with van der Waals surface area (Å²) in [6.45, 7) is 7.84. The summed E-state index contributed by atoms with van der Waals surface area (Å²) >= 11 is 0. The van der Waals surface area contributed by atoms with Crippen molar-refractivity contribution in [1.29, 1.82) is 0 Å². The van der Waals surface area contributed by atoms with E-state index in [0.29, 0.717) is 5.92 Å². The summed E-state index contributed by atoms with van der Waals surface area (Å²) in [5, 5.41) is 0. The number of hydrogen-bond donors (Lipinski definition) is 0. The molecule has 0 saturated carbocycles. The van der Waals surface area contributed by atoms with Crippen LogP contribution >= 0.6 is 0 Å².